The summed E-state index contributed by atoms with van der Waals surface area (Å²) in [5.41, 5.74) is 0. The van der Waals surface area contributed by atoms with Crippen LogP contribution in [-0.2, 0) is 19.2 Å². The Morgan fingerprint density at radius 3 is 2.00 bits per heavy atom. The number of alkyl halides is 3. The third kappa shape index (κ3) is 11.6. The highest BCUT2D eigenvalue weighted by atomic mass is 79.9. The molecule has 0 fully saturated rings. The van der Waals surface area contributed by atoms with Gasteiger partial charge < -0.3 is 21.3 Å². The summed E-state index contributed by atoms with van der Waals surface area (Å²) in [7, 11) is 0. The number of halogens is 3. The molecule has 8 nitrogen and oxygen atoms in total. The van der Waals surface area contributed by atoms with Crippen molar-refractivity contribution in [2.24, 2.45) is 0 Å². The van der Waals surface area contributed by atoms with Gasteiger partial charge in [-0.15, -0.1) is 11.6 Å². The summed E-state index contributed by atoms with van der Waals surface area (Å²) in [6.45, 7) is 0.879. The molecule has 0 rings (SSSR count). The summed E-state index contributed by atoms with van der Waals surface area (Å²) in [6.07, 6.45) is 0.906. The number of rotatable bonds is 12. The van der Waals surface area contributed by atoms with Crippen LogP contribution in [0.25, 0.3) is 0 Å². The lowest BCUT2D eigenvalue weighted by Crippen LogP contribution is -2.48. The molecule has 11 heteroatoms. The van der Waals surface area contributed by atoms with Gasteiger partial charge in [0.2, 0.25) is 23.6 Å². The summed E-state index contributed by atoms with van der Waals surface area (Å²) >= 11 is 11.4. The fourth-order valence-corrected chi connectivity index (χ4v) is 2.10. The maximum absolute atomic E-state index is 12.1. The lowest BCUT2D eigenvalue weighted by atomic mass is 10.1. The summed E-state index contributed by atoms with van der Waals surface area (Å²) in [4.78, 5) is 45.7. The van der Waals surface area contributed by atoms with E-state index in [1.54, 1.807) is 0 Å². The largest absolute Gasteiger partial charge is 0.355 e. The fraction of sp³-hybridized carbons (Fsp3) is 0.692. The molecule has 0 aromatic rings. The highest BCUT2D eigenvalue weighted by Crippen LogP contribution is 1.98. The summed E-state index contributed by atoms with van der Waals surface area (Å²) in [5, 5.41) is 10.7. The van der Waals surface area contributed by atoms with Crippen LogP contribution in [0, 0.1) is 0 Å². The van der Waals surface area contributed by atoms with Crippen molar-refractivity contribution in [2.45, 2.75) is 18.9 Å². The average Bonchev–Trinajstić information content (AvgIpc) is 2.59. The van der Waals surface area contributed by atoms with Gasteiger partial charge in [-0.3, -0.25) is 19.2 Å². The third-order valence-corrected chi connectivity index (χ3v) is 4.02. The lowest BCUT2D eigenvalue weighted by molar-refractivity contribution is -0.128. The highest BCUT2D eigenvalue weighted by molar-refractivity contribution is 9.09. The molecular weight excluding hydrogens is 471 g/mol. The van der Waals surface area contributed by atoms with Gasteiger partial charge in [0.1, 0.15) is 11.9 Å². The van der Waals surface area contributed by atoms with E-state index in [2.05, 4.69) is 53.1 Å². The van der Waals surface area contributed by atoms with Gasteiger partial charge in [-0.05, 0) is 12.8 Å². The SMILES string of the molecule is O=C(CCl)NCCNC(=O)[C@H](CCCNC(=O)CBr)NC(=O)CBr. The normalized spacial score (nSPS) is 11.3. The molecule has 0 aliphatic carbocycles. The minimum atomic E-state index is -0.709. The van der Waals surface area contributed by atoms with Gasteiger partial charge in [0.05, 0.1) is 10.7 Å². The first kappa shape index (κ1) is 23.1. The molecule has 0 aromatic carbocycles. The van der Waals surface area contributed by atoms with Crippen LogP contribution < -0.4 is 21.3 Å². The van der Waals surface area contributed by atoms with E-state index in [0.717, 1.165) is 0 Å². The zero-order valence-corrected chi connectivity index (χ0v) is 16.9. The maximum Gasteiger partial charge on any atom is 0.242 e. The van der Waals surface area contributed by atoms with E-state index in [1.807, 2.05) is 0 Å². The van der Waals surface area contributed by atoms with E-state index in [0.29, 0.717) is 19.4 Å². The molecule has 0 aliphatic rings. The second kappa shape index (κ2) is 14.5. The van der Waals surface area contributed by atoms with Crippen molar-refractivity contribution in [2.75, 3.05) is 36.2 Å². The Kier molecular flexibility index (Phi) is 13.9. The van der Waals surface area contributed by atoms with Gasteiger partial charge in [0.25, 0.3) is 0 Å². The average molecular weight is 493 g/mol. The Bertz CT molecular complexity index is 440. The second-order valence-electron chi connectivity index (χ2n) is 4.65. The molecule has 0 saturated carbocycles. The van der Waals surface area contributed by atoms with Crippen molar-refractivity contribution in [1.82, 2.24) is 21.3 Å². The van der Waals surface area contributed by atoms with Gasteiger partial charge in [-0.1, -0.05) is 31.9 Å². The van der Waals surface area contributed by atoms with E-state index >= 15 is 0 Å². The smallest absolute Gasteiger partial charge is 0.242 e. The molecule has 0 bridgehead atoms. The molecule has 138 valence electrons. The predicted molar refractivity (Wildman–Crippen MR) is 98.5 cm³/mol. The lowest BCUT2D eigenvalue weighted by Gasteiger charge is -2.18. The monoisotopic (exact) mass is 490 g/mol. The minimum absolute atomic E-state index is 0.0862. The van der Waals surface area contributed by atoms with Crippen LogP contribution in [0.3, 0.4) is 0 Å². The van der Waals surface area contributed by atoms with Crippen LogP contribution in [0.4, 0.5) is 0 Å². The van der Waals surface area contributed by atoms with Crippen LogP contribution in [0.1, 0.15) is 12.8 Å². The molecule has 0 radical (unpaired) electrons. The van der Waals surface area contributed by atoms with Crippen LogP contribution in [0.15, 0.2) is 0 Å². The number of amides is 4. The second-order valence-corrected chi connectivity index (χ2v) is 6.04. The number of hydrogen-bond acceptors (Lipinski definition) is 4. The van der Waals surface area contributed by atoms with Crippen molar-refractivity contribution in [3.8, 4) is 0 Å². The summed E-state index contributed by atoms with van der Waals surface area (Å²) in [6, 6.07) is -0.709. The standard InChI is InChI=1S/C13H21Br2ClN4O4/c14-6-10(21)17-3-1-2-9(20-11(22)7-15)13(24)19-5-4-18-12(23)8-16/h9H,1-8H2,(H,17,21)(H,18,23)(H,19,24)(H,20,22)/t9-/m0/s1. The molecule has 0 unspecified atom stereocenters. The van der Waals surface area contributed by atoms with E-state index in [9.17, 15) is 19.2 Å². The number of nitrogens with one attached hydrogen (secondary N) is 4. The predicted octanol–water partition coefficient (Wildman–Crippen LogP) is -0.371. The molecule has 0 saturated heterocycles. The highest BCUT2D eigenvalue weighted by Gasteiger charge is 2.19. The first-order chi connectivity index (χ1) is 11.4. The molecule has 0 aromatic heterocycles. The molecule has 4 N–H and O–H groups in total. The van der Waals surface area contributed by atoms with E-state index in [1.165, 1.54) is 0 Å². The molecule has 1 atom stereocenters. The number of carbonyl (C=O) groups is 4. The van der Waals surface area contributed by atoms with Crippen LogP contribution in [0.2, 0.25) is 0 Å². The van der Waals surface area contributed by atoms with E-state index in [-0.39, 0.29) is 53.3 Å². The fourth-order valence-electron chi connectivity index (χ4n) is 1.64. The molecule has 0 heterocycles. The van der Waals surface area contributed by atoms with Crippen LogP contribution >= 0.6 is 43.5 Å². The molecule has 0 aliphatic heterocycles. The molecule has 0 spiro atoms. The van der Waals surface area contributed by atoms with Gasteiger partial charge in [0, 0.05) is 19.6 Å². The third-order valence-electron chi connectivity index (χ3n) is 2.75. The van der Waals surface area contributed by atoms with Crippen molar-refractivity contribution >= 4 is 67.1 Å². The zero-order chi connectivity index (χ0) is 18.4. The minimum Gasteiger partial charge on any atom is -0.355 e. The zero-order valence-electron chi connectivity index (χ0n) is 13.0. The Morgan fingerprint density at radius 1 is 0.833 bits per heavy atom. The van der Waals surface area contributed by atoms with Crippen molar-refractivity contribution < 1.29 is 19.2 Å². The quantitative estimate of drug-likeness (QED) is 0.220. The van der Waals surface area contributed by atoms with Crippen LogP contribution in [-0.4, -0.2) is 65.8 Å². The number of carbonyl (C=O) groups excluding carboxylic acids is 4. The Labute approximate surface area is 162 Å². The van der Waals surface area contributed by atoms with Crippen molar-refractivity contribution in [3.05, 3.63) is 0 Å². The van der Waals surface area contributed by atoms with Crippen molar-refractivity contribution in [1.29, 1.82) is 0 Å². The first-order valence-electron chi connectivity index (χ1n) is 7.23. The van der Waals surface area contributed by atoms with E-state index in [4.69, 9.17) is 11.6 Å². The Morgan fingerprint density at radius 2 is 1.42 bits per heavy atom. The summed E-state index contributed by atoms with van der Waals surface area (Å²) < 4.78 is 0. The van der Waals surface area contributed by atoms with Gasteiger partial charge >= 0.3 is 0 Å². The Balaban J connectivity index is 4.26. The van der Waals surface area contributed by atoms with Gasteiger partial charge in [-0.25, -0.2) is 0 Å². The van der Waals surface area contributed by atoms with Gasteiger partial charge in [0.15, 0.2) is 0 Å². The topological polar surface area (TPSA) is 116 Å². The van der Waals surface area contributed by atoms with Crippen molar-refractivity contribution in [3.63, 3.8) is 0 Å². The number of hydrogen-bond donors (Lipinski definition) is 4. The molecule has 24 heavy (non-hydrogen) atoms. The van der Waals surface area contributed by atoms with Gasteiger partial charge in [-0.2, -0.15) is 0 Å². The maximum atomic E-state index is 12.1. The summed E-state index contributed by atoms with van der Waals surface area (Å²) in [5.74, 6) is -1.27. The first-order valence-corrected chi connectivity index (χ1v) is 10.0. The Hall–Kier alpha value is -0.870. The molecular formula is C13H21Br2ClN4O4. The van der Waals surface area contributed by atoms with E-state index < -0.39 is 6.04 Å². The molecule has 4 amide bonds. The van der Waals surface area contributed by atoms with Crippen LogP contribution in [0.5, 0.6) is 0 Å².